The zero-order valence-corrected chi connectivity index (χ0v) is 14.0. The quantitative estimate of drug-likeness (QED) is 0.926. The lowest BCUT2D eigenvalue weighted by Gasteiger charge is -2.35. The van der Waals surface area contributed by atoms with Crippen molar-refractivity contribution in [3.63, 3.8) is 0 Å². The average molecular weight is 303 g/mol. The number of nitrogens with zero attached hydrogens (tertiary/aromatic N) is 4. The van der Waals surface area contributed by atoms with Gasteiger partial charge in [0, 0.05) is 38.3 Å². The highest BCUT2D eigenvalue weighted by Crippen LogP contribution is 2.23. The molecular formula is C17H29N5. The number of aryl methyl sites for hydroxylation is 1. The van der Waals surface area contributed by atoms with E-state index in [1.165, 1.54) is 32.1 Å². The summed E-state index contributed by atoms with van der Waals surface area (Å²) in [7, 11) is 0. The van der Waals surface area contributed by atoms with E-state index < -0.39 is 0 Å². The first-order valence-electron chi connectivity index (χ1n) is 8.84. The molecule has 2 heterocycles. The molecule has 1 aromatic rings. The second kappa shape index (κ2) is 7.27. The first kappa shape index (κ1) is 15.5. The first-order chi connectivity index (χ1) is 10.7. The summed E-state index contributed by atoms with van der Waals surface area (Å²) in [5.41, 5.74) is 0. The predicted molar refractivity (Wildman–Crippen MR) is 91.6 cm³/mol. The van der Waals surface area contributed by atoms with Crippen molar-refractivity contribution in [2.45, 2.75) is 52.0 Å². The van der Waals surface area contributed by atoms with Crippen LogP contribution in [0.25, 0.3) is 0 Å². The molecule has 5 nitrogen and oxygen atoms in total. The molecule has 0 amide bonds. The zero-order valence-electron chi connectivity index (χ0n) is 14.0. The fraction of sp³-hybridized carbons (Fsp3) is 0.765. The van der Waals surface area contributed by atoms with Crippen LogP contribution in [0.3, 0.4) is 0 Å². The van der Waals surface area contributed by atoms with E-state index in [1.54, 1.807) is 0 Å². The molecule has 0 aromatic carbocycles. The molecule has 1 saturated heterocycles. The van der Waals surface area contributed by atoms with Gasteiger partial charge in [0.1, 0.15) is 17.5 Å². The Labute approximate surface area is 134 Å². The lowest BCUT2D eigenvalue weighted by molar-refractivity contribution is 0.270. The molecular weight excluding hydrogens is 274 g/mol. The minimum Gasteiger partial charge on any atom is -0.367 e. The fourth-order valence-electron chi connectivity index (χ4n) is 3.54. The van der Waals surface area contributed by atoms with Gasteiger partial charge in [0.2, 0.25) is 0 Å². The summed E-state index contributed by atoms with van der Waals surface area (Å²) in [6, 6.07) is 2.73. The number of aromatic nitrogens is 2. The van der Waals surface area contributed by atoms with Crippen molar-refractivity contribution < 1.29 is 0 Å². The standard InChI is InChI=1S/C17H29N5/c1-3-21-9-11-22(12-10-21)17-13-16(18-14(2)19-17)20-15-7-5-4-6-8-15/h13,15H,3-12H2,1-2H3,(H,18,19,20). The summed E-state index contributed by atoms with van der Waals surface area (Å²) in [4.78, 5) is 14.1. The van der Waals surface area contributed by atoms with Crippen LogP contribution in [0.15, 0.2) is 6.07 Å². The fourth-order valence-corrected chi connectivity index (χ4v) is 3.54. The molecule has 1 aliphatic carbocycles. The molecule has 1 aromatic heterocycles. The van der Waals surface area contributed by atoms with E-state index in [2.05, 4.69) is 38.1 Å². The molecule has 0 unspecified atom stereocenters. The van der Waals surface area contributed by atoms with Crippen molar-refractivity contribution in [3.05, 3.63) is 11.9 Å². The molecule has 1 saturated carbocycles. The summed E-state index contributed by atoms with van der Waals surface area (Å²) in [6.45, 7) is 9.76. The van der Waals surface area contributed by atoms with Crippen LogP contribution in [0.4, 0.5) is 11.6 Å². The molecule has 0 atom stereocenters. The van der Waals surface area contributed by atoms with E-state index in [9.17, 15) is 0 Å². The minimum atomic E-state index is 0.591. The maximum absolute atomic E-state index is 4.66. The van der Waals surface area contributed by atoms with Crippen LogP contribution in [0.5, 0.6) is 0 Å². The topological polar surface area (TPSA) is 44.3 Å². The van der Waals surface area contributed by atoms with E-state index >= 15 is 0 Å². The summed E-state index contributed by atoms with van der Waals surface area (Å²) >= 11 is 0. The highest BCUT2D eigenvalue weighted by atomic mass is 15.3. The van der Waals surface area contributed by atoms with Crippen molar-refractivity contribution in [1.82, 2.24) is 14.9 Å². The maximum atomic E-state index is 4.66. The Morgan fingerprint density at radius 2 is 1.82 bits per heavy atom. The Hall–Kier alpha value is -1.36. The van der Waals surface area contributed by atoms with Crippen LogP contribution in [-0.4, -0.2) is 53.6 Å². The van der Waals surface area contributed by atoms with Gasteiger partial charge in [-0.3, -0.25) is 0 Å². The molecule has 0 spiro atoms. The molecule has 1 N–H and O–H groups in total. The van der Waals surface area contributed by atoms with Gasteiger partial charge in [-0.1, -0.05) is 26.2 Å². The molecule has 22 heavy (non-hydrogen) atoms. The number of piperazine rings is 1. The highest BCUT2D eigenvalue weighted by Gasteiger charge is 2.19. The van der Waals surface area contributed by atoms with Crippen LogP contribution in [0.1, 0.15) is 44.9 Å². The summed E-state index contributed by atoms with van der Waals surface area (Å²) in [5, 5.41) is 3.63. The van der Waals surface area contributed by atoms with Crippen LogP contribution < -0.4 is 10.2 Å². The summed E-state index contributed by atoms with van der Waals surface area (Å²) < 4.78 is 0. The van der Waals surface area contributed by atoms with E-state index in [0.29, 0.717) is 6.04 Å². The molecule has 5 heteroatoms. The number of hydrogen-bond acceptors (Lipinski definition) is 5. The third-order valence-corrected chi connectivity index (χ3v) is 4.93. The summed E-state index contributed by atoms with van der Waals surface area (Å²) in [5.74, 6) is 2.96. The molecule has 0 radical (unpaired) electrons. The van der Waals surface area contributed by atoms with Gasteiger partial charge in [0.25, 0.3) is 0 Å². The number of nitrogens with one attached hydrogen (secondary N) is 1. The van der Waals surface area contributed by atoms with Gasteiger partial charge in [-0.2, -0.15) is 0 Å². The lowest BCUT2D eigenvalue weighted by atomic mass is 9.95. The zero-order chi connectivity index (χ0) is 15.4. The SMILES string of the molecule is CCN1CCN(c2cc(NC3CCCCC3)nc(C)n2)CC1. The Balaban J connectivity index is 1.67. The van der Waals surface area contributed by atoms with Crippen LogP contribution >= 0.6 is 0 Å². The second-order valence-corrected chi connectivity index (χ2v) is 6.56. The largest absolute Gasteiger partial charge is 0.367 e. The minimum absolute atomic E-state index is 0.591. The van der Waals surface area contributed by atoms with Gasteiger partial charge in [-0.25, -0.2) is 9.97 Å². The van der Waals surface area contributed by atoms with Crippen molar-refractivity contribution >= 4 is 11.6 Å². The van der Waals surface area contributed by atoms with E-state index in [1.807, 2.05) is 6.92 Å². The van der Waals surface area contributed by atoms with Gasteiger partial charge in [0.15, 0.2) is 0 Å². The van der Waals surface area contributed by atoms with Crippen LogP contribution in [-0.2, 0) is 0 Å². The van der Waals surface area contributed by atoms with Crippen molar-refractivity contribution in [1.29, 1.82) is 0 Å². The number of likely N-dealkylation sites (N-methyl/N-ethyl adjacent to an activating group) is 1. The third-order valence-electron chi connectivity index (χ3n) is 4.93. The van der Waals surface area contributed by atoms with Gasteiger partial charge < -0.3 is 15.1 Å². The van der Waals surface area contributed by atoms with Crippen molar-refractivity contribution in [2.75, 3.05) is 42.9 Å². The van der Waals surface area contributed by atoms with Gasteiger partial charge in [-0.15, -0.1) is 0 Å². The molecule has 122 valence electrons. The molecule has 0 bridgehead atoms. The monoisotopic (exact) mass is 303 g/mol. The third kappa shape index (κ3) is 3.88. The highest BCUT2D eigenvalue weighted by molar-refractivity contribution is 5.50. The molecule has 2 fully saturated rings. The maximum Gasteiger partial charge on any atom is 0.134 e. The van der Waals surface area contributed by atoms with Crippen LogP contribution in [0.2, 0.25) is 0 Å². The van der Waals surface area contributed by atoms with Gasteiger partial charge >= 0.3 is 0 Å². The van der Waals surface area contributed by atoms with Crippen LogP contribution in [0, 0.1) is 6.92 Å². The first-order valence-corrected chi connectivity index (χ1v) is 8.84. The van der Waals surface area contributed by atoms with E-state index in [0.717, 1.165) is 50.2 Å². The number of hydrogen-bond donors (Lipinski definition) is 1. The Bertz CT molecular complexity index is 476. The average Bonchev–Trinajstić information content (AvgIpc) is 2.55. The number of anilines is 2. The number of rotatable bonds is 4. The van der Waals surface area contributed by atoms with E-state index in [-0.39, 0.29) is 0 Å². The smallest absolute Gasteiger partial charge is 0.134 e. The molecule has 3 rings (SSSR count). The lowest BCUT2D eigenvalue weighted by Crippen LogP contribution is -2.46. The second-order valence-electron chi connectivity index (χ2n) is 6.56. The van der Waals surface area contributed by atoms with E-state index in [4.69, 9.17) is 0 Å². The molecule has 2 aliphatic rings. The Morgan fingerprint density at radius 3 is 2.50 bits per heavy atom. The normalized spacial score (nSPS) is 21.1. The Kier molecular flexibility index (Phi) is 5.13. The Morgan fingerprint density at radius 1 is 1.09 bits per heavy atom. The van der Waals surface area contributed by atoms with Crippen molar-refractivity contribution in [3.8, 4) is 0 Å². The van der Waals surface area contributed by atoms with Crippen molar-refractivity contribution in [2.24, 2.45) is 0 Å². The molecule has 1 aliphatic heterocycles. The summed E-state index contributed by atoms with van der Waals surface area (Å²) in [6.07, 6.45) is 6.61. The predicted octanol–water partition coefficient (Wildman–Crippen LogP) is 2.67. The van der Waals surface area contributed by atoms with Gasteiger partial charge in [-0.05, 0) is 26.3 Å². The van der Waals surface area contributed by atoms with Gasteiger partial charge in [0.05, 0.1) is 0 Å².